The fourth-order valence-corrected chi connectivity index (χ4v) is 3.28. The Kier molecular flexibility index (Phi) is 4.54. The molecule has 3 rings (SSSR count). The zero-order valence-corrected chi connectivity index (χ0v) is 13.5. The number of hydrogen-bond donors (Lipinski definition) is 3. The minimum atomic E-state index is -1.47. The number of halogens is 1. The molecule has 2 heterocycles. The Morgan fingerprint density at radius 3 is 2.88 bits per heavy atom. The van der Waals surface area contributed by atoms with Crippen LogP contribution in [0.1, 0.15) is 12.0 Å². The molecule has 0 unspecified atom stereocenters. The molecule has 0 radical (unpaired) electrons. The van der Waals surface area contributed by atoms with Crippen LogP contribution in [0.4, 0.5) is 16.0 Å². The maximum atomic E-state index is 13.5. The molecule has 1 aliphatic rings. The summed E-state index contributed by atoms with van der Waals surface area (Å²) >= 11 is 0. The van der Waals surface area contributed by atoms with Crippen LogP contribution >= 0.6 is 0 Å². The van der Waals surface area contributed by atoms with Gasteiger partial charge in [-0.05, 0) is 30.5 Å². The van der Waals surface area contributed by atoms with Crippen molar-refractivity contribution in [3.63, 3.8) is 0 Å². The first kappa shape index (κ1) is 17.1. The lowest BCUT2D eigenvalue weighted by atomic mass is 9.73. The van der Waals surface area contributed by atoms with Crippen molar-refractivity contribution in [2.24, 2.45) is 5.41 Å². The Bertz CT molecular complexity index is 788. The van der Waals surface area contributed by atoms with Crippen molar-refractivity contribution in [3.05, 3.63) is 48.0 Å². The molecule has 7 nitrogen and oxygen atoms in total. The van der Waals surface area contributed by atoms with Gasteiger partial charge in [-0.3, -0.25) is 4.79 Å². The molecule has 1 aromatic heterocycles. The van der Waals surface area contributed by atoms with E-state index in [2.05, 4.69) is 9.97 Å². The molecule has 2 aromatic rings. The van der Waals surface area contributed by atoms with Gasteiger partial charge >= 0.3 is 5.97 Å². The number of carbonyl (C=O) groups is 1. The number of nitrogen functional groups attached to an aromatic ring is 1. The van der Waals surface area contributed by atoms with Crippen LogP contribution in [0.2, 0.25) is 0 Å². The molecular formula is C17H19FN4O3. The largest absolute Gasteiger partial charge is 0.481 e. The highest BCUT2D eigenvalue weighted by Gasteiger charge is 2.49. The summed E-state index contributed by atoms with van der Waals surface area (Å²) in [6.07, 6.45) is 0.526. The summed E-state index contributed by atoms with van der Waals surface area (Å²) in [6.45, 7) is 0.478. The Labute approximate surface area is 143 Å². The van der Waals surface area contributed by atoms with E-state index in [1.165, 1.54) is 24.5 Å². The molecule has 1 fully saturated rings. The highest BCUT2D eigenvalue weighted by molar-refractivity contribution is 5.77. The molecule has 0 saturated carbocycles. The maximum Gasteiger partial charge on any atom is 0.314 e. The number of carboxylic acids is 1. The summed E-state index contributed by atoms with van der Waals surface area (Å²) in [6, 6.07) is 7.33. The number of aliphatic carboxylic acids is 1. The molecule has 0 bridgehead atoms. The number of aromatic nitrogens is 2. The third-order valence-electron chi connectivity index (χ3n) is 4.62. The van der Waals surface area contributed by atoms with Gasteiger partial charge in [0.15, 0.2) is 0 Å². The molecule has 1 aliphatic heterocycles. The minimum absolute atomic E-state index is 0.0122. The van der Waals surface area contributed by atoms with Gasteiger partial charge in [0, 0.05) is 19.2 Å². The van der Waals surface area contributed by atoms with Crippen LogP contribution < -0.4 is 10.6 Å². The predicted molar refractivity (Wildman–Crippen MR) is 89.5 cm³/mol. The number of piperidine rings is 1. The Morgan fingerprint density at radius 2 is 2.20 bits per heavy atom. The van der Waals surface area contributed by atoms with Gasteiger partial charge in [0.05, 0.1) is 6.10 Å². The maximum absolute atomic E-state index is 13.5. The van der Waals surface area contributed by atoms with Crippen molar-refractivity contribution in [1.82, 2.24) is 9.97 Å². The van der Waals surface area contributed by atoms with E-state index >= 15 is 0 Å². The van der Waals surface area contributed by atoms with Gasteiger partial charge < -0.3 is 20.8 Å². The Balaban J connectivity index is 1.94. The van der Waals surface area contributed by atoms with E-state index in [-0.39, 0.29) is 25.2 Å². The van der Waals surface area contributed by atoms with Crippen molar-refractivity contribution in [1.29, 1.82) is 0 Å². The topological polar surface area (TPSA) is 113 Å². The minimum Gasteiger partial charge on any atom is -0.481 e. The molecular weight excluding hydrogens is 327 g/mol. The lowest BCUT2D eigenvalue weighted by molar-refractivity contribution is -0.157. The Morgan fingerprint density at radius 1 is 1.40 bits per heavy atom. The summed E-state index contributed by atoms with van der Waals surface area (Å²) in [7, 11) is 0. The molecule has 132 valence electrons. The van der Waals surface area contributed by atoms with Crippen LogP contribution in [-0.4, -0.2) is 45.3 Å². The summed E-state index contributed by atoms with van der Waals surface area (Å²) < 4.78 is 13.5. The van der Waals surface area contributed by atoms with Gasteiger partial charge in [-0.1, -0.05) is 12.1 Å². The molecule has 8 heteroatoms. The first-order valence-electron chi connectivity index (χ1n) is 7.89. The van der Waals surface area contributed by atoms with Crippen molar-refractivity contribution in [2.75, 3.05) is 23.7 Å². The molecule has 0 amide bonds. The smallest absolute Gasteiger partial charge is 0.314 e. The monoisotopic (exact) mass is 346 g/mol. The lowest BCUT2D eigenvalue weighted by Gasteiger charge is -2.44. The van der Waals surface area contributed by atoms with Crippen LogP contribution in [0.5, 0.6) is 0 Å². The summed E-state index contributed by atoms with van der Waals surface area (Å²) in [5, 5.41) is 20.4. The highest BCUT2D eigenvalue weighted by Crippen LogP contribution is 2.36. The first-order valence-corrected chi connectivity index (χ1v) is 7.89. The third-order valence-corrected chi connectivity index (χ3v) is 4.62. The van der Waals surface area contributed by atoms with Crippen LogP contribution in [0, 0.1) is 11.2 Å². The molecule has 4 N–H and O–H groups in total. The summed E-state index contributed by atoms with van der Waals surface area (Å²) in [5.41, 5.74) is 4.73. The third kappa shape index (κ3) is 3.39. The number of nitrogens with zero attached hydrogens (tertiary/aromatic N) is 3. The highest BCUT2D eigenvalue weighted by atomic mass is 19.1. The zero-order chi connectivity index (χ0) is 18.0. The van der Waals surface area contributed by atoms with E-state index in [0.717, 1.165) is 0 Å². The number of aliphatic hydroxyl groups excluding tert-OH is 1. The first-order chi connectivity index (χ1) is 11.9. The van der Waals surface area contributed by atoms with Gasteiger partial charge in [-0.15, -0.1) is 0 Å². The molecule has 0 aliphatic carbocycles. The van der Waals surface area contributed by atoms with Crippen molar-refractivity contribution < 1.29 is 19.4 Å². The lowest BCUT2D eigenvalue weighted by Crippen LogP contribution is -2.57. The van der Waals surface area contributed by atoms with Crippen molar-refractivity contribution >= 4 is 17.6 Å². The fourth-order valence-electron chi connectivity index (χ4n) is 3.28. The van der Waals surface area contributed by atoms with Gasteiger partial charge in [0.2, 0.25) is 0 Å². The molecule has 0 spiro atoms. The standard InChI is InChI=1S/C17H19FN4O3/c18-12-3-1-2-11(6-12)8-17(16(24)25)9-22(5-4-13(17)23)15-7-14(19)20-10-21-15/h1-3,6-7,10,13,23H,4-5,8-9H2,(H,24,25)(H2,19,20,21)/t13-,17-/m1/s1. The number of nitrogens with two attached hydrogens (primary N) is 1. The van der Waals surface area contributed by atoms with Crippen LogP contribution in [0.15, 0.2) is 36.7 Å². The number of benzene rings is 1. The second kappa shape index (κ2) is 6.64. The summed E-state index contributed by atoms with van der Waals surface area (Å²) in [5.74, 6) is -0.786. The predicted octanol–water partition coefficient (Wildman–Crippen LogP) is 1.08. The van der Waals surface area contributed by atoms with E-state index in [9.17, 15) is 19.4 Å². The van der Waals surface area contributed by atoms with Gasteiger partial charge in [0.25, 0.3) is 0 Å². The van der Waals surface area contributed by atoms with Crippen molar-refractivity contribution in [3.8, 4) is 0 Å². The average molecular weight is 346 g/mol. The number of anilines is 2. The average Bonchev–Trinajstić information content (AvgIpc) is 2.57. The van der Waals surface area contributed by atoms with Crippen molar-refractivity contribution in [2.45, 2.75) is 18.9 Å². The summed E-state index contributed by atoms with van der Waals surface area (Å²) in [4.78, 5) is 21.8. The van der Waals surface area contributed by atoms with Gasteiger partial charge in [-0.25, -0.2) is 14.4 Å². The van der Waals surface area contributed by atoms with E-state index in [4.69, 9.17) is 5.73 Å². The number of aliphatic hydroxyl groups is 1. The quantitative estimate of drug-likeness (QED) is 0.759. The Hall–Kier alpha value is -2.74. The van der Waals surface area contributed by atoms with E-state index in [1.54, 1.807) is 17.0 Å². The van der Waals surface area contributed by atoms with Crippen LogP contribution in [0.3, 0.4) is 0 Å². The number of carboxylic acid groups (broad SMARTS) is 1. The molecule has 1 saturated heterocycles. The van der Waals surface area contributed by atoms with E-state index in [1.807, 2.05) is 0 Å². The van der Waals surface area contributed by atoms with Crippen LogP contribution in [0.25, 0.3) is 0 Å². The second-order valence-electron chi connectivity index (χ2n) is 6.30. The van der Waals surface area contributed by atoms with E-state index < -0.39 is 23.3 Å². The normalized spacial score (nSPS) is 23.4. The number of rotatable bonds is 4. The van der Waals surface area contributed by atoms with Gasteiger partial charge in [-0.2, -0.15) is 0 Å². The second-order valence-corrected chi connectivity index (χ2v) is 6.30. The zero-order valence-electron chi connectivity index (χ0n) is 13.5. The molecule has 1 aromatic carbocycles. The molecule has 25 heavy (non-hydrogen) atoms. The fraction of sp³-hybridized carbons (Fsp3) is 0.353. The molecule has 2 atom stereocenters. The number of hydrogen-bond acceptors (Lipinski definition) is 6. The van der Waals surface area contributed by atoms with Crippen LogP contribution in [-0.2, 0) is 11.2 Å². The SMILES string of the molecule is Nc1cc(N2CC[C@@H](O)[C@](Cc3cccc(F)c3)(C(=O)O)C2)ncn1. The van der Waals surface area contributed by atoms with E-state index in [0.29, 0.717) is 17.9 Å². The van der Waals surface area contributed by atoms with Gasteiger partial charge in [0.1, 0.15) is 29.2 Å².